The molecule has 1 aliphatic rings. The molecule has 5 nitrogen and oxygen atoms in total. The standard InChI is InChI=1S/C19H17ClN2O3S/c20-13-6-8-14(9-7-13)21-17(23)10-11-26-16-12-18(24)22(19(16)25)15-4-2-1-3-5-15/h1-9,16H,10-12H2,(H,21,23). The van der Waals surface area contributed by atoms with Crippen LogP contribution in [0.1, 0.15) is 12.8 Å². The topological polar surface area (TPSA) is 66.5 Å². The number of nitrogens with zero attached hydrogens (tertiary/aromatic N) is 1. The highest BCUT2D eigenvalue weighted by molar-refractivity contribution is 8.00. The summed E-state index contributed by atoms with van der Waals surface area (Å²) in [5.74, 6) is -0.101. The van der Waals surface area contributed by atoms with Crippen molar-refractivity contribution in [3.05, 3.63) is 59.6 Å². The van der Waals surface area contributed by atoms with Crippen molar-refractivity contribution in [2.75, 3.05) is 16.0 Å². The number of amides is 3. The van der Waals surface area contributed by atoms with Gasteiger partial charge in [-0.15, -0.1) is 11.8 Å². The zero-order chi connectivity index (χ0) is 18.5. The molecule has 0 saturated carbocycles. The minimum atomic E-state index is -0.439. The molecule has 3 amide bonds. The van der Waals surface area contributed by atoms with Gasteiger partial charge in [0, 0.05) is 29.3 Å². The second kappa shape index (κ2) is 8.38. The van der Waals surface area contributed by atoms with Crippen molar-refractivity contribution < 1.29 is 14.4 Å². The van der Waals surface area contributed by atoms with E-state index in [4.69, 9.17) is 11.6 Å². The van der Waals surface area contributed by atoms with Gasteiger partial charge in [0.05, 0.1) is 10.9 Å². The molecule has 1 fully saturated rings. The molecule has 2 aromatic rings. The number of rotatable bonds is 6. The highest BCUT2D eigenvalue weighted by Gasteiger charge is 2.39. The Morgan fingerprint density at radius 3 is 2.50 bits per heavy atom. The molecule has 26 heavy (non-hydrogen) atoms. The second-order valence-corrected chi connectivity index (χ2v) is 7.52. The van der Waals surface area contributed by atoms with Crippen molar-refractivity contribution in [3.8, 4) is 0 Å². The highest BCUT2D eigenvalue weighted by atomic mass is 35.5. The Balaban J connectivity index is 1.49. The predicted octanol–water partition coefficient (Wildman–Crippen LogP) is 3.73. The van der Waals surface area contributed by atoms with Gasteiger partial charge in [0.1, 0.15) is 0 Å². The summed E-state index contributed by atoms with van der Waals surface area (Å²) in [6, 6.07) is 15.7. The third kappa shape index (κ3) is 4.45. The Labute approximate surface area is 160 Å². The van der Waals surface area contributed by atoms with Crippen LogP contribution in [0.15, 0.2) is 54.6 Å². The Morgan fingerprint density at radius 2 is 1.81 bits per heavy atom. The first kappa shape index (κ1) is 18.5. The fourth-order valence-electron chi connectivity index (χ4n) is 2.63. The number of halogens is 1. The number of carbonyl (C=O) groups is 3. The SMILES string of the molecule is O=C(CCSC1CC(=O)N(c2ccccc2)C1=O)Nc1ccc(Cl)cc1. The maximum Gasteiger partial charge on any atom is 0.247 e. The van der Waals surface area contributed by atoms with Crippen LogP contribution in [-0.2, 0) is 14.4 Å². The summed E-state index contributed by atoms with van der Waals surface area (Å²) in [7, 11) is 0. The van der Waals surface area contributed by atoms with Crippen LogP contribution in [0.3, 0.4) is 0 Å². The molecule has 1 N–H and O–H groups in total. The van der Waals surface area contributed by atoms with E-state index in [1.165, 1.54) is 16.7 Å². The van der Waals surface area contributed by atoms with Gasteiger partial charge in [-0.1, -0.05) is 29.8 Å². The largest absolute Gasteiger partial charge is 0.326 e. The molecule has 0 aromatic heterocycles. The monoisotopic (exact) mass is 388 g/mol. The summed E-state index contributed by atoms with van der Waals surface area (Å²) in [4.78, 5) is 37.9. The van der Waals surface area contributed by atoms with E-state index < -0.39 is 5.25 Å². The van der Waals surface area contributed by atoms with Crippen LogP contribution in [0.4, 0.5) is 11.4 Å². The Hall–Kier alpha value is -2.31. The van der Waals surface area contributed by atoms with E-state index in [-0.39, 0.29) is 30.6 Å². The third-order valence-electron chi connectivity index (χ3n) is 3.90. The minimum absolute atomic E-state index is 0.142. The number of thioether (sulfide) groups is 1. The second-order valence-electron chi connectivity index (χ2n) is 5.77. The molecule has 3 rings (SSSR count). The molecule has 0 bridgehead atoms. The molecule has 0 aliphatic carbocycles. The average Bonchev–Trinajstić information content (AvgIpc) is 2.91. The van der Waals surface area contributed by atoms with Crippen LogP contribution in [0.25, 0.3) is 0 Å². The van der Waals surface area contributed by atoms with E-state index >= 15 is 0 Å². The normalized spacial score (nSPS) is 16.8. The molecular weight excluding hydrogens is 372 g/mol. The van der Waals surface area contributed by atoms with Crippen LogP contribution in [0.5, 0.6) is 0 Å². The Kier molecular flexibility index (Phi) is 5.96. The number of nitrogens with one attached hydrogen (secondary N) is 1. The van der Waals surface area contributed by atoms with Crippen LogP contribution in [0.2, 0.25) is 5.02 Å². The molecule has 1 heterocycles. The lowest BCUT2D eigenvalue weighted by Crippen LogP contribution is -2.31. The van der Waals surface area contributed by atoms with Crippen LogP contribution >= 0.6 is 23.4 Å². The number of hydrogen-bond donors (Lipinski definition) is 1. The molecular formula is C19H17ClN2O3S. The molecule has 2 aromatic carbocycles. The van der Waals surface area contributed by atoms with Crippen molar-refractivity contribution in [2.45, 2.75) is 18.1 Å². The van der Waals surface area contributed by atoms with Gasteiger partial charge in [-0.25, -0.2) is 4.90 Å². The first-order valence-electron chi connectivity index (χ1n) is 8.13. The zero-order valence-corrected chi connectivity index (χ0v) is 15.4. The van der Waals surface area contributed by atoms with Crippen molar-refractivity contribution in [2.24, 2.45) is 0 Å². The molecule has 0 spiro atoms. The number of imide groups is 1. The highest BCUT2D eigenvalue weighted by Crippen LogP contribution is 2.29. The smallest absolute Gasteiger partial charge is 0.247 e. The van der Waals surface area contributed by atoms with E-state index in [1.807, 2.05) is 6.07 Å². The van der Waals surface area contributed by atoms with Gasteiger partial charge < -0.3 is 5.32 Å². The summed E-state index contributed by atoms with van der Waals surface area (Å²) in [5.41, 5.74) is 1.26. The molecule has 1 atom stereocenters. The lowest BCUT2D eigenvalue weighted by Gasteiger charge is -2.14. The number of anilines is 2. The number of carbonyl (C=O) groups excluding carboxylic acids is 3. The molecule has 0 radical (unpaired) electrons. The summed E-state index contributed by atoms with van der Waals surface area (Å²) in [5, 5.41) is 2.94. The van der Waals surface area contributed by atoms with Gasteiger partial charge in [-0.2, -0.15) is 0 Å². The van der Waals surface area contributed by atoms with E-state index in [1.54, 1.807) is 48.5 Å². The van der Waals surface area contributed by atoms with E-state index in [0.29, 0.717) is 22.2 Å². The molecule has 1 unspecified atom stereocenters. The van der Waals surface area contributed by atoms with E-state index in [0.717, 1.165) is 0 Å². The third-order valence-corrected chi connectivity index (χ3v) is 5.36. The Morgan fingerprint density at radius 1 is 1.12 bits per heavy atom. The fraction of sp³-hybridized carbons (Fsp3) is 0.211. The first-order valence-corrected chi connectivity index (χ1v) is 9.56. The van der Waals surface area contributed by atoms with Gasteiger partial charge >= 0.3 is 0 Å². The van der Waals surface area contributed by atoms with Crippen LogP contribution in [-0.4, -0.2) is 28.7 Å². The maximum absolute atomic E-state index is 12.5. The van der Waals surface area contributed by atoms with Gasteiger partial charge in [0.25, 0.3) is 0 Å². The lowest BCUT2D eigenvalue weighted by molar-refractivity contribution is -0.121. The first-order chi connectivity index (χ1) is 12.5. The van der Waals surface area contributed by atoms with Gasteiger partial charge in [0.15, 0.2) is 0 Å². The minimum Gasteiger partial charge on any atom is -0.326 e. The zero-order valence-electron chi connectivity index (χ0n) is 13.9. The number of benzene rings is 2. The molecule has 1 aliphatic heterocycles. The van der Waals surface area contributed by atoms with E-state index in [2.05, 4.69) is 5.32 Å². The van der Waals surface area contributed by atoms with Crippen molar-refractivity contribution in [1.29, 1.82) is 0 Å². The Bertz CT molecular complexity index is 811. The maximum atomic E-state index is 12.5. The van der Waals surface area contributed by atoms with Crippen LogP contribution in [0, 0.1) is 0 Å². The van der Waals surface area contributed by atoms with Crippen molar-refractivity contribution in [1.82, 2.24) is 0 Å². The lowest BCUT2D eigenvalue weighted by atomic mass is 10.3. The van der Waals surface area contributed by atoms with Gasteiger partial charge in [-0.05, 0) is 36.4 Å². The van der Waals surface area contributed by atoms with E-state index in [9.17, 15) is 14.4 Å². The number of hydrogen-bond acceptors (Lipinski definition) is 4. The molecule has 134 valence electrons. The molecule has 1 saturated heterocycles. The quantitative estimate of drug-likeness (QED) is 0.765. The molecule has 7 heteroatoms. The van der Waals surface area contributed by atoms with Crippen molar-refractivity contribution >= 4 is 52.5 Å². The summed E-state index contributed by atoms with van der Waals surface area (Å²) < 4.78 is 0. The summed E-state index contributed by atoms with van der Waals surface area (Å²) >= 11 is 7.15. The van der Waals surface area contributed by atoms with Gasteiger partial charge in [-0.3, -0.25) is 14.4 Å². The average molecular weight is 389 g/mol. The predicted molar refractivity (Wildman–Crippen MR) is 104 cm³/mol. The van der Waals surface area contributed by atoms with Crippen molar-refractivity contribution in [3.63, 3.8) is 0 Å². The summed E-state index contributed by atoms with van der Waals surface area (Å²) in [6.07, 6.45) is 0.424. The van der Waals surface area contributed by atoms with Crippen LogP contribution < -0.4 is 10.2 Å². The van der Waals surface area contributed by atoms with Gasteiger partial charge in [0.2, 0.25) is 17.7 Å². The fourth-order valence-corrected chi connectivity index (χ4v) is 3.86. The summed E-state index contributed by atoms with van der Waals surface area (Å²) in [6.45, 7) is 0. The number of para-hydroxylation sites is 1.